The summed E-state index contributed by atoms with van der Waals surface area (Å²) in [5, 5.41) is 13.6. The van der Waals surface area contributed by atoms with Crippen molar-refractivity contribution < 1.29 is 9.47 Å². The van der Waals surface area contributed by atoms with E-state index in [9.17, 15) is 4.79 Å². The third kappa shape index (κ3) is 5.54. The normalized spacial score (nSPS) is 17.1. The van der Waals surface area contributed by atoms with E-state index in [0.717, 1.165) is 61.1 Å². The summed E-state index contributed by atoms with van der Waals surface area (Å²) >= 11 is 0. The van der Waals surface area contributed by atoms with Crippen molar-refractivity contribution in [3.63, 3.8) is 0 Å². The Morgan fingerprint density at radius 2 is 2.12 bits per heavy atom. The maximum absolute atomic E-state index is 13.1. The van der Waals surface area contributed by atoms with E-state index in [1.165, 1.54) is 11.1 Å². The smallest absolute Gasteiger partial charge is 0.252 e. The van der Waals surface area contributed by atoms with Crippen molar-refractivity contribution in [1.82, 2.24) is 30.1 Å². The molecule has 1 N–H and O–H groups in total. The van der Waals surface area contributed by atoms with E-state index in [4.69, 9.17) is 9.47 Å². The average Bonchev–Trinajstić information content (AvgIpc) is 3.49. The van der Waals surface area contributed by atoms with Gasteiger partial charge in [-0.05, 0) is 78.2 Å². The van der Waals surface area contributed by atoms with Crippen LogP contribution in [-0.2, 0) is 22.6 Å². The second-order valence-corrected chi connectivity index (χ2v) is 9.27. The lowest BCUT2D eigenvalue weighted by atomic mass is 10.0. The molecular weight excluding hydrogens is 432 g/mol. The van der Waals surface area contributed by atoms with E-state index in [1.54, 1.807) is 7.11 Å². The maximum atomic E-state index is 13.1. The van der Waals surface area contributed by atoms with Gasteiger partial charge in [0.25, 0.3) is 5.56 Å². The zero-order valence-corrected chi connectivity index (χ0v) is 20.7. The van der Waals surface area contributed by atoms with Crippen LogP contribution in [0.25, 0.3) is 10.9 Å². The Balaban J connectivity index is 1.70. The largest absolute Gasteiger partial charge is 0.383 e. The molecule has 1 saturated heterocycles. The Kier molecular flexibility index (Phi) is 8.07. The van der Waals surface area contributed by atoms with Gasteiger partial charge in [-0.25, -0.2) is 4.68 Å². The predicted octanol–water partition coefficient (Wildman–Crippen LogP) is 3.30. The first-order chi connectivity index (χ1) is 16.5. The number of nitrogens with zero attached hydrogens (tertiary/aromatic N) is 5. The van der Waals surface area contributed by atoms with Gasteiger partial charge >= 0.3 is 0 Å². The Labute approximate surface area is 200 Å². The molecule has 4 rings (SSSR count). The van der Waals surface area contributed by atoms with Crippen LogP contribution in [0.3, 0.4) is 0 Å². The maximum Gasteiger partial charge on any atom is 0.252 e. The summed E-state index contributed by atoms with van der Waals surface area (Å²) in [5.41, 5.74) is 3.94. The van der Waals surface area contributed by atoms with Crippen LogP contribution < -0.4 is 5.56 Å². The first-order valence-electron chi connectivity index (χ1n) is 12.2. The Morgan fingerprint density at radius 1 is 1.29 bits per heavy atom. The van der Waals surface area contributed by atoms with Crippen molar-refractivity contribution in [2.45, 2.75) is 71.7 Å². The molecule has 9 nitrogen and oxygen atoms in total. The molecule has 1 fully saturated rings. The molecule has 3 aromatic rings. The molecule has 2 aromatic heterocycles. The topological polar surface area (TPSA) is 98.2 Å². The van der Waals surface area contributed by atoms with Crippen molar-refractivity contribution in [3.05, 3.63) is 51.1 Å². The molecule has 0 amide bonds. The predicted molar refractivity (Wildman–Crippen MR) is 131 cm³/mol. The molecule has 1 aliphatic rings. The molecule has 2 atom stereocenters. The number of hydrogen-bond donors (Lipinski definition) is 1. The summed E-state index contributed by atoms with van der Waals surface area (Å²) in [6, 6.07) is 6.18. The fraction of sp³-hybridized carbons (Fsp3) is 0.600. The van der Waals surface area contributed by atoms with Gasteiger partial charge in [0.1, 0.15) is 0 Å². The second kappa shape index (κ2) is 11.2. The Hall–Kier alpha value is -2.62. The SMILES string of the molecule is CCC[C@H](c1nnnn1CCOC)N(Cc1cc2cc(C)c(C)cc2[nH]c1=O)C[C@H]1CCCO1. The summed E-state index contributed by atoms with van der Waals surface area (Å²) in [5.74, 6) is 0.806. The highest BCUT2D eigenvalue weighted by Crippen LogP contribution is 2.28. The summed E-state index contributed by atoms with van der Waals surface area (Å²) in [6.07, 6.45) is 4.08. The molecular formula is C25H36N6O3. The number of rotatable bonds is 11. The first kappa shape index (κ1) is 24.5. The van der Waals surface area contributed by atoms with E-state index < -0.39 is 0 Å². The van der Waals surface area contributed by atoms with Crippen molar-refractivity contribution in [2.24, 2.45) is 0 Å². The average molecular weight is 469 g/mol. The molecule has 0 bridgehead atoms. The molecule has 3 heterocycles. The van der Waals surface area contributed by atoms with Crippen LogP contribution in [-0.4, -0.2) is 63.1 Å². The fourth-order valence-corrected chi connectivity index (χ4v) is 4.75. The molecule has 0 unspecified atom stereocenters. The molecule has 0 radical (unpaired) electrons. The fourth-order valence-electron chi connectivity index (χ4n) is 4.75. The number of fused-ring (bicyclic) bond motifs is 1. The zero-order chi connectivity index (χ0) is 24.1. The molecule has 34 heavy (non-hydrogen) atoms. The van der Waals surface area contributed by atoms with E-state index in [-0.39, 0.29) is 17.7 Å². The summed E-state index contributed by atoms with van der Waals surface area (Å²) < 4.78 is 13.1. The number of pyridine rings is 1. The molecule has 0 spiro atoms. The number of methoxy groups -OCH3 is 1. The number of hydrogen-bond acceptors (Lipinski definition) is 7. The highest BCUT2D eigenvalue weighted by atomic mass is 16.5. The van der Waals surface area contributed by atoms with Gasteiger partial charge in [-0.15, -0.1) is 5.10 Å². The third-order valence-electron chi connectivity index (χ3n) is 6.74. The minimum Gasteiger partial charge on any atom is -0.383 e. The lowest BCUT2D eigenvalue weighted by Gasteiger charge is -2.32. The van der Waals surface area contributed by atoms with E-state index in [0.29, 0.717) is 19.7 Å². The van der Waals surface area contributed by atoms with Crippen molar-refractivity contribution in [3.8, 4) is 0 Å². The van der Waals surface area contributed by atoms with Gasteiger partial charge in [-0.2, -0.15) is 0 Å². The molecule has 0 saturated carbocycles. The summed E-state index contributed by atoms with van der Waals surface area (Å²) in [4.78, 5) is 18.5. The Bertz CT molecular complexity index is 1150. The second-order valence-electron chi connectivity index (χ2n) is 9.27. The number of aryl methyl sites for hydroxylation is 2. The highest BCUT2D eigenvalue weighted by Gasteiger charge is 2.30. The van der Waals surface area contributed by atoms with Crippen molar-refractivity contribution >= 4 is 10.9 Å². The quantitative estimate of drug-likeness (QED) is 0.461. The third-order valence-corrected chi connectivity index (χ3v) is 6.74. The molecule has 1 aromatic carbocycles. The lowest BCUT2D eigenvalue weighted by molar-refractivity contribution is 0.0471. The van der Waals surface area contributed by atoms with Crippen LogP contribution in [0.1, 0.15) is 61.2 Å². The summed E-state index contributed by atoms with van der Waals surface area (Å²) in [6.45, 7) is 9.46. The van der Waals surface area contributed by atoms with Gasteiger partial charge in [-0.3, -0.25) is 9.69 Å². The molecule has 0 aliphatic carbocycles. The standard InChI is InChI=1S/C25H36N6O3/c1-5-7-23(24-27-28-29-31(24)9-11-33-4)30(16-21-8-6-10-34-21)15-20-14-19-12-17(2)18(3)13-22(19)26-25(20)32/h12-14,21,23H,5-11,15-16H2,1-4H3,(H,26,32)/t21-,23-/m1/s1. The number of H-pyrrole nitrogens is 1. The summed E-state index contributed by atoms with van der Waals surface area (Å²) in [7, 11) is 1.67. The van der Waals surface area contributed by atoms with Gasteiger partial charge in [0, 0.05) is 37.9 Å². The van der Waals surface area contributed by atoms with Crippen LogP contribution in [0.4, 0.5) is 0 Å². The van der Waals surface area contributed by atoms with Crippen LogP contribution in [0.5, 0.6) is 0 Å². The minimum absolute atomic E-state index is 0.0316. The minimum atomic E-state index is -0.0534. The van der Waals surface area contributed by atoms with Crippen molar-refractivity contribution in [1.29, 1.82) is 0 Å². The van der Waals surface area contributed by atoms with Crippen LogP contribution >= 0.6 is 0 Å². The van der Waals surface area contributed by atoms with E-state index >= 15 is 0 Å². The number of benzene rings is 1. The van der Waals surface area contributed by atoms with Crippen LogP contribution in [0.15, 0.2) is 23.0 Å². The van der Waals surface area contributed by atoms with Crippen LogP contribution in [0.2, 0.25) is 0 Å². The first-order valence-corrected chi connectivity index (χ1v) is 12.2. The molecule has 9 heteroatoms. The van der Waals surface area contributed by atoms with Gasteiger partial charge in [0.15, 0.2) is 5.82 Å². The van der Waals surface area contributed by atoms with E-state index in [2.05, 4.69) is 52.2 Å². The van der Waals surface area contributed by atoms with Crippen LogP contribution in [0, 0.1) is 13.8 Å². The molecule has 184 valence electrons. The monoisotopic (exact) mass is 468 g/mol. The zero-order valence-electron chi connectivity index (χ0n) is 20.7. The highest BCUT2D eigenvalue weighted by molar-refractivity contribution is 5.80. The van der Waals surface area contributed by atoms with Gasteiger partial charge in [-0.1, -0.05) is 13.3 Å². The lowest BCUT2D eigenvalue weighted by Crippen LogP contribution is -2.38. The molecule has 1 aliphatic heterocycles. The number of ether oxygens (including phenoxy) is 2. The van der Waals surface area contributed by atoms with E-state index in [1.807, 2.05) is 16.8 Å². The number of aromatic amines is 1. The number of aromatic nitrogens is 5. The van der Waals surface area contributed by atoms with Gasteiger partial charge in [0.2, 0.25) is 0 Å². The van der Waals surface area contributed by atoms with Crippen molar-refractivity contribution in [2.75, 3.05) is 26.9 Å². The van der Waals surface area contributed by atoms with Gasteiger partial charge < -0.3 is 14.5 Å². The number of nitrogens with one attached hydrogen (secondary N) is 1. The van der Waals surface area contributed by atoms with Gasteiger partial charge in [0.05, 0.1) is 25.3 Å². The Morgan fingerprint density at radius 3 is 2.85 bits per heavy atom. The number of tetrazole rings is 1.